The molecule has 2 saturated heterocycles. The molecule has 392 valence electrons. The molecule has 0 bridgehead atoms. The predicted molar refractivity (Wildman–Crippen MR) is 269 cm³/mol. The van der Waals surface area contributed by atoms with Crippen LogP contribution in [0.25, 0.3) is 21.8 Å². The van der Waals surface area contributed by atoms with Crippen molar-refractivity contribution < 1.29 is 59.6 Å². The Kier molecular flexibility index (Phi) is 13.6. The first-order valence-electron chi connectivity index (χ1n) is 23.3. The fourth-order valence-electron chi connectivity index (χ4n) is 9.14. The van der Waals surface area contributed by atoms with Gasteiger partial charge in [-0.2, -0.15) is 46.8 Å². The minimum atomic E-state index is -4.92. The Morgan fingerprint density at radius 3 is 1.76 bits per heavy atom. The minimum absolute atomic E-state index is 0.0135. The van der Waals surface area contributed by atoms with Crippen molar-refractivity contribution in [3.8, 4) is 23.9 Å². The lowest BCUT2D eigenvalue weighted by atomic mass is 10.0. The number of hydrogen-bond donors (Lipinski definition) is 1. The average Bonchev–Trinajstić information content (AvgIpc) is 4.12. The van der Waals surface area contributed by atoms with Gasteiger partial charge in [-0.15, -0.1) is 0 Å². The smallest absolute Gasteiger partial charge is 0.417 e. The van der Waals surface area contributed by atoms with Crippen LogP contribution in [-0.4, -0.2) is 90.7 Å². The van der Waals surface area contributed by atoms with Crippen molar-refractivity contribution in [2.75, 3.05) is 46.0 Å². The number of carbonyl (C=O) groups is 2. The molecule has 4 heterocycles. The molecule has 2 atom stereocenters. The van der Waals surface area contributed by atoms with Crippen LogP contribution in [0.5, 0.6) is 11.8 Å². The number of aromatic nitrogens is 4. The standard InChI is InChI=1S/C51H41F7N10O6S2/c1-6-39-62-40-33(18-30(21-36(40)52)68-47(76)66(45(71)49(68,4)5)28-10-8-26(24-60)35(20-28)51(56,57)58)43(63-39)74-16-15-72-38-22-32(38)41-61-37-12-11-29(17-31(37)42(64-41)73-14-13-69)67-46(75)65(44(70)48(67,2)3)27-9-7-25(23-59)34(19-27)50(53,54)55/h7-12,17-21,32,38,69H,6,13-16,22H2,1-5H3. The third kappa shape index (κ3) is 9.30. The highest BCUT2D eigenvalue weighted by molar-refractivity contribution is 7.81. The van der Waals surface area contributed by atoms with Gasteiger partial charge in [-0.1, -0.05) is 6.92 Å². The monoisotopic (exact) mass is 1090 g/mol. The van der Waals surface area contributed by atoms with Crippen LogP contribution in [0.15, 0.2) is 66.7 Å². The number of aliphatic hydroxyl groups excluding tert-OH is 1. The number of aliphatic hydroxyl groups is 1. The van der Waals surface area contributed by atoms with Gasteiger partial charge in [0.2, 0.25) is 11.8 Å². The quantitative estimate of drug-likeness (QED) is 0.0616. The van der Waals surface area contributed by atoms with E-state index in [1.165, 1.54) is 54.0 Å². The normalized spacial score (nSPS) is 18.2. The number of benzene rings is 4. The van der Waals surface area contributed by atoms with Crippen molar-refractivity contribution >= 4 is 91.0 Å². The SMILES string of the molecule is CCc1nc(OCCOC2CC2c2nc(OCCO)c3cc(N4C(=S)N(c5ccc(C#N)c(C(F)(F)F)c5)C(=O)C4(C)C)ccc3n2)c2cc(N3C(=S)N(c4ccc(C#N)c(C(F)(F)F)c4)C(=O)C3(C)C)cc(F)c2n1. The summed E-state index contributed by atoms with van der Waals surface area (Å²) in [7, 11) is 0. The summed E-state index contributed by atoms with van der Waals surface area (Å²) in [5, 5.41) is 28.4. The van der Waals surface area contributed by atoms with Crippen LogP contribution in [0.1, 0.15) is 80.9 Å². The third-order valence-corrected chi connectivity index (χ3v) is 13.7. The highest BCUT2D eigenvalue weighted by Crippen LogP contribution is 2.46. The van der Waals surface area contributed by atoms with Crippen LogP contribution in [0.3, 0.4) is 0 Å². The molecule has 0 spiro atoms. The second-order valence-corrected chi connectivity index (χ2v) is 19.4. The molecule has 4 aromatic carbocycles. The lowest BCUT2D eigenvalue weighted by Crippen LogP contribution is -2.44. The number of nitriles is 2. The lowest BCUT2D eigenvalue weighted by Gasteiger charge is -2.29. The van der Waals surface area contributed by atoms with Crippen LogP contribution in [0, 0.1) is 28.5 Å². The Balaban J connectivity index is 0.922. The number of fused-ring (bicyclic) bond motifs is 2. The van der Waals surface area contributed by atoms with Crippen molar-refractivity contribution in [1.29, 1.82) is 10.5 Å². The maximum Gasteiger partial charge on any atom is 0.417 e. The van der Waals surface area contributed by atoms with Gasteiger partial charge in [-0.3, -0.25) is 19.4 Å². The Hall–Kier alpha value is -7.71. The van der Waals surface area contributed by atoms with Gasteiger partial charge in [0.05, 0.1) is 81.4 Å². The van der Waals surface area contributed by atoms with Gasteiger partial charge in [0, 0.05) is 23.7 Å². The molecule has 1 N–H and O–H groups in total. The van der Waals surface area contributed by atoms with E-state index < -0.39 is 63.3 Å². The number of hydrogen-bond acceptors (Lipinski definition) is 14. The number of anilines is 4. The summed E-state index contributed by atoms with van der Waals surface area (Å²) in [5.41, 5.74) is -6.37. The molecule has 2 aromatic heterocycles. The first-order chi connectivity index (χ1) is 35.8. The molecule has 6 aromatic rings. The van der Waals surface area contributed by atoms with Gasteiger partial charge >= 0.3 is 12.4 Å². The number of alkyl halides is 6. The minimum Gasteiger partial charge on any atom is -0.475 e. The maximum absolute atomic E-state index is 16.2. The van der Waals surface area contributed by atoms with Crippen LogP contribution in [-0.2, 0) is 33.1 Å². The van der Waals surface area contributed by atoms with E-state index in [1.807, 2.05) is 0 Å². The van der Waals surface area contributed by atoms with Gasteiger partial charge in [-0.05, 0) is 125 Å². The summed E-state index contributed by atoms with van der Waals surface area (Å²) in [4.78, 5) is 50.8. The molecule has 16 nitrogen and oxygen atoms in total. The topological polar surface area (TPSA) is 194 Å². The average molecular weight is 1090 g/mol. The van der Waals surface area contributed by atoms with Gasteiger partial charge in [0.15, 0.2) is 16.0 Å². The Labute approximate surface area is 438 Å². The van der Waals surface area contributed by atoms with E-state index in [1.54, 1.807) is 39.0 Å². The molecular formula is C51H41F7N10O6S2. The molecule has 3 aliphatic rings. The largest absolute Gasteiger partial charge is 0.475 e. The summed E-state index contributed by atoms with van der Waals surface area (Å²) in [6, 6.07) is 16.2. The number of nitrogens with zero attached hydrogens (tertiary/aromatic N) is 10. The van der Waals surface area contributed by atoms with Crippen molar-refractivity contribution in [3.05, 3.63) is 106 Å². The summed E-state index contributed by atoms with van der Waals surface area (Å²) in [5.74, 6) is -1.79. The molecule has 25 heteroatoms. The van der Waals surface area contributed by atoms with Crippen molar-refractivity contribution in [1.82, 2.24) is 19.9 Å². The van der Waals surface area contributed by atoms with Crippen LogP contribution in [0.2, 0.25) is 0 Å². The Morgan fingerprint density at radius 1 is 0.697 bits per heavy atom. The number of thiocarbonyl (C=S) groups is 2. The Bertz CT molecular complexity index is 3530. The molecule has 2 aliphatic heterocycles. The van der Waals surface area contributed by atoms with Crippen molar-refractivity contribution in [2.24, 2.45) is 0 Å². The lowest BCUT2D eigenvalue weighted by molar-refractivity contribution is -0.138. The molecule has 9 rings (SSSR count). The zero-order valence-corrected chi connectivity index (χ0v) is 42.3. The van der Waals surface area contributed by atoms with Gasteiger partial charge < -0.3 is 29.1 Å². The summed E-state index contributed by atoms with van der Waals surface area (Å²) < 4.78 is 118. The zero-order valence-electron chi connectivity index (χ0n) is 40.7. The fourth-order valence-corrected chi connectivity index (χ4v) is 10.2. The predicted octanol–water partition coefficient (Wildman–Crippen LogP) is 9.21. The highest BCUT2D eigenvalue weighted by Gasteiger charge is 2.53. The molecule has 1 aliphatic carbocycles. The molecule has 3 fully saturated rings. The fraction of sp³-hybridized carbons (Fsp3) is 0.333. The van der Waals surface area contributed by atoms with E-state index in [0.29, 0.717) is 47.4 Å². The molecule has 2 amide bonds. The number of carbonyl (C=O) groups excluding carboxylic acids is 2. The van der Waals surface area contributed by atoms with Crippen LogP contribution in [0.4, 0.5) is 53.5 Å². The van der Waals surface area contributed by atoms with E-state index in [2.05, 4.69) is 15.0 Å². The zero-order chi connectivity index (χ0) is 55.0. The second kappa shape index (κ2) is 19.5. The summed E-state index contributed by atoms with van der Waals surface area (Å²) in [6.07, 6.45) is -9.38. The molecule has 0 radical (unpaired) electrons. The van der Waals surface area contributed by atoms with E-state index in [-0.39, 0.29) is 94.2 Å². The Morgan fingerprint density at radius 2 is 1.22 bits per heavy atom. The molecule has 76 heavy (non-hydrogen) atoms. The van der Waals surface area contributed by atoms with E-state index in [0.717, 1.165) is 28.0 Å². The van der Waals surface area contributed by atoms with Crippen molar-refractivity contribution in [2.45, 2.75) is 82.9 Å². The number of amides is 2. The van der Waals surface area contributed by atoms with Gasteiger partial charge in [0.25, 0.3) is 11.8 Å². The number of halogens is 7. The first-order valence-corrected chi connectivity index (χ1v) is 24.1. The summed E-state index contributed by atoms with van der Waals surface area (Å²) in [6.45, 7) is 7.26. The van der Waals surface area contributed by atoms with Crippen molar-refractivity contribution in [3.63, 3.8) is 0 Å². The van der Waals surface area contributed by atoms with E-state index in [9.17, 15) is 51.6 Å². The molecule has 1 saturated carbocycles. The molecule has 2 unspecified atom stereocenters. The van der Waals surface area contributed by atoms with E-state index >= 15 is 4.39 Å². The number of aryl methyl sites for hydroxylation is 1. The van der Waals surface area contributed by atoms with Crippen LogP contribution < -0.4 is 29.1 Å². The maximum atomic E-state index is 16.2. The molecular weight excluding hydrogens is 1050 g/mol. The summed E-state index contributed by atoms with van der Waals surface area (Å²) >= 11 is 11.4. The van der Waals surface area contributed by atoms with Crippen LogP contribution >= 0.6 is 24.4 Å². The number of ether oxygens (including phenoxy) is 3. The highest BCUT2D eigenvalue weighted by atomic mass is 32.1. The van der Waals surface area contributed by atoms with E-state index in [4.69, 9.17) is 43.6 Å². The van der Waals surface area contributed by atoms with Gasteiger partial charge in [0.1, 0.15) is 41.5 Å². The number of rotatable bonds is 14. The van der Waals surface area contributed by atoms with Gasteiger partial charge in [-0.25, -0.2) is 14.4 Å². The third-order valence-electron chi connectivity index (χ3n) is 13.0. The second-order valence-electron chi connectivity index (χ2n) is 18.7. The first kappa shape index (κ1) is 53.1.